The van der Waals surface area contributed by atoms with Crippen LogP contribution in [0.1, 0.15) is 15.0 Å². The highest BCUT2D eigenvalue weighted by atomic mass is 32.2. The molecule has 0 spiro atoms. The van der Waals surface area contributed by atoms with Crippen LogP contribution in [0.3, 0.4) is 0 Å². The zero-order chi connectivity index (χ0) is 12.4. The number of nitrogens with two attached hydrogens (primary N) is 1. The van der Waals surface area contributed by atoms with Gasteiger partial charge in [-0.2, -0.15) is 0 Å². The first-order valence-corrected chi connectivity index (χ1v) is 6.86. The number of hydrogen-bond donors (Lipinski definition) is 2. The Morgan fingerprint density at radius 1 is 1.65 bits per heavy atom. The Hall–Kier alpha value is -1.05. The predicted molar refractivity (Wildman–Crippen MR) is 70.5 cm³/mol. The molecule has 0 aliphatic heterocycles. The second-order valence-electron chi connectivity index (χ2n) is 3.66. The third-order valence-corrected chi connectivity index (χ3v) is 4.95. The Bertz CT molecular complexity index is 557. The molecule has 0 saturated heterocycles. The topological polar surface area (TPSA) is 76.7 Å². The number of rotatable bonds is 4. The second kappa shape index (κ2) is 5.07. The minimum Gasteiger partial charge on any atom is -0.329 e. The summed E-state index contributed by atoms with van der Waals surface area (Å²) in [7, 11) is 1.70. The normalized spacial score (nSPS) is 12.9. The maximum Gasteiger partial charge on any atom is 0.343 e. The largest absolute Gasteiger partial charge is 0.343 e. The number of aryl methyl sites for hydroxylation is 1. The van der Waals surface area contributed by atoms with Gasteiger partial charge in [0.25, 0.3) is 0 Å². The molecule has 1 atom stereocenters. The Morgan fingerprint density at radius 2 is 2.41 bits per heavy atom. The van der Waals surface area contributed by atoms with Crippen LogP contribution in [0.2, 0.25) is 0 Å². The third kappa shape index (κ3) is 2.62. The van der Waals surface area contributed by atoms with E-state index in [4.69, 9.17) is 5.73 Å². The van der Waals surface area contributed by atoms with Crippen molar-refractivity contribution in [3.8, 4) is 0 Å². The number of aromatic nitrogens is 3. The summed E-state index contributed by atoms with van der Waals surface area (Å²) in [6, 6.07) is 4.15. The zero-order valence-corrected chi connectivity index (χ0v) is 11.3. The second-order valence-corrected chi connectivity index (χ2v) is 6.15. The average Bonchev–Trinajstić information content (AvgIpc) is 2.86. The molecule has 0 saturated carbocycles. The number of nitrogens with one attached hydrogen (secondary N) is 1. The Kier molecular flexibility index (Phi) is 3.70. The predicted octanol–water partition coefficient (Wildman–Crippen LogP) is 1.27. The highest BCUT2D eigenvalue weighted by Crippen LogP contribution is 2.35. The number of nitrogens with zero attached hydrogens (tertiary/aromatic N) is 2. The molecular formula is C10H14N4OS2. The maximum absolute atomic E-state index is 11.3. The van der Waals surface area contributed by atoms with Crippen LogP contribution in [-0.2, 0) is 7.05 Å². The fourth-order valence-corrected chi connectivity index (χ4v) is 3.46. The molecule has 2 aromatic rings. The summed E-state index contributed by atoms with van der Waals surface area (Å²) in [5.74, 6) is 0. The van der Waals surface area contributed by atoms with E-state index in [2.05, 4.69) is 29.3 Å². The molecule has 0 radical (unpaired) electrons. The van der Waals surface area contributed by atoms with Crippen molar-refractivity contribution in [1.82, 2.24) is 14.8 Å². The summed E-state index contributed by atoms with van der Waals surface area (Å²) in [4.78, 5) is 13.7. The van der Waals surface area contributed by atoms with Crippen molar-refractivity contribution in [3.05, 3.63) is 32.4 Å². The molecule has 2 rings (SSSR count). The maximum atomic E-state index is 11.3. The quantitative estimate of drug-likeness (QED) is 0.820. The van der Waals surface area contributed by atoms with Crippen LogP contribution < -0.4 is 11.4 Å². The monoisotopic (exact) mass is 270 g/mol. The standard InChI is InChI=1S/C10H14N4OS2/c1-6-3-4-7(16-6)8(5-11)17-10-13-12-9(15)14(10)2/h3-4,8H,5,11H2,1-2H3,(H,12,15). The van der Waals surface area contributed by atoms with Crippen molar-refractivity contribution >= 4 is 23.1 Å². The van der Waals surface area contributed by atoms with E-state index in [0.717, 1.165) is 0 Å². The molecule has 17 heavy (non-hydrogen) atoms. The van der Waals surface area contributed by atoms with Crippen LogP contribution in [0.15, 0.2) is 22.1 Å². The van der Waals surface area contributed by atoms with Gasteiger partial charge in [-0.25, -0.2) is 9.89 Å². The molecule has 2 aromatic heterocycles. The summed E-state index contributed by atoms with van der Waals surface area (Å²) in [6.07, 6.45) is 0. The van der Waals surface area contributed by atoms with Gasteiger partial charge in [-0.15, -0.1) is 16.4 Å². The van der Waals surface area contributed by atoms with Crippen molar-refractivity contribution in [3.63, 3.8) is 0 Å². The van der Waals surface area contributed by atoms with E-state index in [1.54, 1.807) is 18.4 Å². The summed E-state index contributed by atoms with van der Waals surface area (Å²) >= 11 is 3.23. The summed E-state index contributed by atoms with van der Waals surface area (Å²) < 4.78 is 1.49. The van der Waals surface area contributed by atoms with Gasteiger partial charge in [-0.1, -0.05) is 11.8 Å². The van der Waals surface area contributed by atoms with Gasteiger partial charge >= 0.3 is 5.69 Å². The van der Waals surface area contributed by atoms with Crippen molar-refractivity contribution in [2.75, 3.05) is 6.54 Å². The molecule has 0 bridgehead atoms. The fraction of sp³-hybridized carbons (Fsp3) is 0.400. The summed E-state index contributed by atoms with van der Waals surface area (Å²) in [5.41, 5.74) is 5.58. The van der Waals surface area contributed by atoms with Crippen molar-refractivity contribution in [2.45, 2.75) is 17.3 Å². The Morgan fingerprint density at radius 3 is 2.88 bits per heavy atom. The van der Waals surface area contributed by atoms with Crippen molar-refractivity contribution in [2.24, 2.45) is 12.8 Å². The summed E-state index contributed by atoms with van der Waals surface area (Å²) in [5, 5.41) is 7.20. The van der Waals surface area contributed by atoms with E-state index in [1.165, 1.54) is 26.1 Å². The zero-order valence-electron chi connectivity index (χ0n) is 9.64. The van der Waals surface area contributed by atoms with Crippen LogP contribution in [-0.4, -0.2) is 21.3 Å². The minimum absolute atomic E-state index is 0.141. The highest BCUT2D eigenvalue weighted by Gasteiger charge is 2.16. The molecule has 0 fully saturated rings. The van der Waals surface area contributed by atoms with Crippen LogP contribution in [0.5, 0.6) is 0 Å². The number of thiophene rings is 1. The van der Waals surface area contributed by atoms with E-state index in [9.17, 15) is 4.79 Å². The smallest absolute Gasteiger partial charge is 0.329 e. The lowest BCUT2D eigenvalue weighted by molar-refractivity contribution is 0.761. The van der Waals surface area contributed by atoms with Gasteiger partial charge < -0.3 is 5.73 Å². The van der Waals surface area contributed by atoms with Gasteiger partial charge in [0.2, 0.25) is 0 Å². The molecule has 0 amide bonds. The van der Waals surface area contributed by atoms with Crippen molar-refractivity contribution < 1.29 is 0 Å². The number of hydrogen-bond acceptors (Lipinski definition) is 5. The Balaban J connectivity index is 2.21. The lowest BCUT2D eigenvalue weighted by atomic mass is 10.3. The first kappa shape index (κ1) is 12.4. The van der Waals surface area contributed by atoms with Gasteiger partial charge in [-0.05, 0) is 19.1 Å². The molecule has 2 heterocycles. The molecule has 0 aliphatic carbocycles. The number of aromatic amines is 1. The van der Waals surface area contributed by atoms with E-state index in [-0.39, 0.29) is 10.9 Å². The lowest BCUT2D eigenvalue weighted by Crippen LogP contribution is -2.14. The molecule has 3 N–H and O–H groups in total. The molecule has 0 aromatic carbocycles. The third-order valence-electron chi connectivity index (χ3n) is 2.38. The van der Waals surface area contributed by atoms with E-state index < -0.39 is 0 Å². The first-order valence-electron chi connectivity index (χ1n) is 5.16. The van der Waals surface area contributed by atoms with Gasteiger partial charge in [0.05, 0.1) is 5.25 Å². The van der Waals surface area contributed by atoms with Crippen LogP contribution >= 0.6 is 23.1 Å². The van der Waals surface area contributed by atoms with Crippen LogP contribution in [0, 0.1) is 6.92 Å². The van der Waals surface area contributed by atoms with Crippen LogP contribution in [0.4, 0.5) is 0 Å². The van der Waals surface area contributed by atoms with Gasteiger partial charge in [0, 0.05) is 23.3 Å². The fourth-order valence-electron chi connectivity index (χ4n) is 1.41. The highest BCUT2D eigenvalue weighted by molar-refractivity contribution is 7.99. The van der Waals surface area contributed by atoms with Gasteiger partial charge in [0.15, 0.2) is 5.16 Å². The van der Waals surface area contributed by atoms with E-state index in [0.29, 0.717) is 11.7 Å². The van der Waals surface area contributed by atoms with Gasteiger partial charge in [-0.3, -0.25) is 4.57 Å². The molecule has 0 aliphatic rings. The Labute approximate surface area is 107 Å². The molecular weight excluding hydrogens is 256 g/mol. The molecule has 92 valence electrons. The van der Waals surface area contributed by atoms with E-state index >= 15 is 0 Å². The molecule has 7 heteroatoms. The van der Waals surface area contributed by atoms with Crippen molar-refractivity contribution in [1.29, 1.82) is 0 Å². The minimum atomic E-state index is -0.203. The SMILES string of the molecule is Cc1ccc(C(CN)Sc2n[nH]c(=O)n2C)s1. The lowest BCUT2D eigenvalue weighted by Gasteiger charge is -2.10. The first-order chi connectivity index (χ1) is 8.11. The van der Waals surface area contributed by atoms with Gasteiger partial charge in [0.1, 0.15) is 0 Å². The average molecular weight is 270 g/mol. The number of H-pyrrole nitrogens is 1. The summed E-state index contributed by atoms with van der Waals surface area (Å²) in [6.45, 7) is 2.59. The molecule has 5 nitrogen and oxygen atoms in total. The van der Waals surface area contributed by atoms with E-state index in [1.807, 2.05) is 0 Å². The number of thioether (sulfide) groups is 1. The molecule has 1 unspecified atom stereocenters. The van der Waals surface area contributed by atoms with Crippen LogP contribution in [0.25, 0.3) is 0 Å².